The number of nitrogens with one attached hydrogen (secondary N) is 4. The first-order chi connectivity index (χ1) is 29.5. The molecular formula is C58H88LiN5O. The minimum Gasteiger partial charge on any atom is -0.698 e. The fourth-order valence-corrected chi connectivity index (χ4v) is 8.69. The van der Waals surface area contributed by atoms with Crippen LogP contribution in [-0.4, -0.2) is 20.5 Å². The standard InChI is InChI=1S/C23H34N2.C13H21NO.C11H17N.C11H16N.Li/c1-12-14(3)18(7)22(19(8)15(12)4)24-11-25-23-20(9)16(5)13(2)17(6)21(23)10;1-8-9(2)11(4)13(14-7-15-6)12(5)10(8)3;2*1-6-7(2)9(4)11(12)10(5)8(6)3;/h24-25H,11H2,1-10H3;14H,7H2,1-6H3;12H2,1-5H3;12H,1-5H3;/q;;;-1;+1. The molecule has 352 valence electrons. The predicted molar refractivity (Wildman–Crippen MR) is 287 cm³/mol. The Hall–Kier alpha value is -4.34. The van der Waals surface area contributed by atoms with Crippen molar-refractivity contribution in [3.05, 3.63) is 145 Å². The number of ether oxygens (including phenoxy) is 1. The van der Waals surface area contributed by atoms with Crippen molar-refractivity contribution < 1.29 is 23.6 Å². The predicted octanol–water partition coefficient (Wildman–Crippen LogP) is 13.2. The monoisotopic (exact) mass is 878 g/mol. The summed E-state index contributed by atoms with van der Waals surface area (Å²) in [6.45, 7) is 55.3. The number of hydrogen-bond acceptors (Lipinski definition) is 5. The van der Waals surface area contributed by atoms with Crippen LogP contribution in [0.2, 0.25) is 0 Å². The molecule has 0 amide bonds. The molecule has 0 aliphatic rings. The van der Waals surface area contributed by atoms with Gasteiger partial charge in [0.1, 0.15) is 6.73 Å². The Morgan fingerprint density at radius 3 is 0.723 bits per heavy atom. The Morgan fingerprint density at radius 2 is 0.492 bits per heavy atom. The van der Waals surface area contributed by atoms with E-state index in [-0.39, 0.29) is 18.9 Å². The molecule has 0 unspecified atom stereocenters. The Kier molecular flexibility index (Phi) is 22.1. The number of anilines is 4. The van der Waals surface area contributed by atoms with Gasteiger partial charge in [-0.3, -0.25) is 0 Å². The van der Waals surface area contributed by atoms with Crippen LogP contribution in [-0.2, 0) is 4.74 Å². The molecule has 0 fully saturated rings. The van der Waals surface area contributed by atoms with E-state index in [0.717, 1.165) is 23.5 Å². The molecule has 0 atom stereocenters. The van der Waals surface area contributed by atoms with E-state index >= 15 is 0 Å². The Balaban J connectivity index is 0.000000456. The van der Waals surface area contributed by atoms with Gasteiger partial charge in [0, 0.05) is 29.9 Å². The summed E-state index contributed by atoms with van der Waals surface area (Å²) in [5.41, 5.74) is 52.4. The second-order valence-corrected chi connectivity index (χ2v) is 18.7. The minimum atomic E-state index is 0. The van der Waals surface area contributed by atoms with Gasteiger partial charge in [0.2, 0.25) is 0 Å². The molecule has 0 radical (unpaired) electrons. The molecule has 0 saturated carbocycles. The minimum absolute atomic E-state index is 0. The maximum atomic E-state index is 7.82. The van der Waals surface area contributed by atoms with Crippen LogP contribution in [0.15, 0.2) is 0 Å². The first-order valence-corrected chi connectivity index (χ1v) is 23.0. The van der Waals surface area contributed by atoms with Crippen molar-refractivity contribution in [3.8, 4) is 0 Å². The van der Waals surface area contributed by atoms with E-state index in [1.807, 2.05) is 13.8 Å². The molecule has 5 aromatic rings. The van der Waals surface area contributed by atoms with Crippen molar-refractivity contribution in [1.29, 1.82) is 0 Å². The molecule has 65 heavy (non-hydrogen) atoms. The summed E-state index contributed by atoms with van der Waals surface area (Å²) in [4.78, 5) is 0. The zero-order chi connectivity index (χ0) is 49.6. The summed E-state index contributed by atoms with van der Waals surface area (Å²) >= 11 is 0. The summed E-state index contributed by atoms with van der Waals surface area (Å²) in [6, 6.07) is 0. The first-order valence-electron chi connectivity index (χ1n) is 23.0. The molecular weight excluding hydrogens is 790 g/mol. The fourth-order valence-electron chi connectivity index (χ4n) is 8.69. The van der Waals surface area contributed by atoms with E-state index in [1.165, 1.54) is 145 Å². The van der Waals surface area contributed by atoms with Crippen LogP contribution in [0.4, 0.5) is 28.4 Å². The molecule has 5 aromatic carbocycles. The van der Waals surface area contributed by atoms with Gasteiger partial charge in [0.05, 0.1) is 6.67 Å². The van der Waals surface area contributed by atoms with Crippen molar-refractivity contribution in [2.24, 2.45) is 0 Å². The number of hydrogen-bond donors (Lipinski definition) is 4. The van der Waals surface area contributed by atoms with Gasteiger partial charge in [0.15, 0.2) is 0 Å². The third-order valence-electron chi connectivity index (χ3n) is 16.0. The molecule has 0 saturated heterocycles. The van der Waals surface area contributed by atoms with E-state index in [1.54, 1.807) is 7.11 Å². The van der Waals surface area contributed by atoms with E-state index in [2.05, 4.69) is 175 Å². The first kappa shape index (κ1) is 58.7. The second kappa shape index (κ2) is 24.4. The van der Waals surface area contributed by atoms with Crippen LogP contribution in [0.5, 0.6) is 0 Å². The van der Waals surface area contributed by atoms with E-state index in [0.29, 0.717) is 12.4 Å². The second-order valence-electron chi connectivity index (χ2n) is 18.7. The molecule has 0 aliphatic carbocycles. The largest absolute Gasteiger partial charge is 1.00 e. The maximum Gasteiger partial charge on any atom is 1.00 e. The van der Waals surface area contributed by atoms with Gasteiger partial charge < -0.3 is 32.2 Å². The van der Waals surface area contributed by atoms with Crippen LogP contribution >= 0.6 is 0 Å². The summed E-state index contributed by atoms with van der Waals surface area (Å²) in [7, 11) is 1.70. The van der Waals surface area contributed by atoms with Gasteiger partial charge in [-0.25, -0.2) is 0 Å². The van der Waals surface area contributed by atoms with E-state index in [9.17, 15) is 0 Å². The van der Waals surface area contributed by atoms with Crippen molar-refractivity contribution in [2.75, 3.05) is 42.2 Å². The number of nitrogens with two attached hydrogens (primary N) is 1. The summed E-state index contributed by atoms with van der Waals surface area (Å²) in [5, 5.41) is 10.6. The fraction of sp³-hybridized carbons (Fsp3) is 0.483. The van der Waals surface area contributed by atoms with Gasteiger partial charge in [0.25, 0.3) is 0 Å². The van der Waals surface area contributed by atoms with Gasteiger partial charge in [-0.2, -0.15) is 0 Å². The van der Waals surface area contributed by atoms with Crippen LogP contribution in [0.25, 0.3) is 5.73 Å². The zero-order valence-corrected chi connectivity index (χ0v) is 46.4. The summed E-state index contributed by atoms with van der Waals surface area (Å²) in [6.07, 6.45) is 0. The normalized spacial score (nSPS) is 10.5. The summed E-state index contributed by atoms with van der Waals surface area (Å²) in [5.74, 6) is 0. The Bertz CT molecular complexity index is 2090. The molecule has 0 heterocycles. The van der Waals surface area contributed by atoms with Crippen LogP contribution in [0.1, 0.15) is 139 Å². The van der Waals surface area contributed by atoms with Gasteiger partial charge in [-0.05, 0) is 301 Å². The van der Waals surface area contributed by atoms with Gasteiger partial charge in [-0.1, -0.05) is 11.1 Å². The maximum absolute atomic E-state index is 7.82. The molecule has 6 N–H and O–H groups in total. The van der Waals surface area contributed by atoms with Crippen molar-refractivity contribution in [2.45, 2.75) is 173 Å². The third kappa shape index (κ3) is 12.6. The average Bonchev–Trinajstić information content (AvgIpc) is 3.28. The Morgan fingerprint density at radius 1 is 0.308 bits per heavy atom. The zero-order valence-electron chi connectivity index (χ0n) is 46.4. The molecule has 7 heteroatoms. The molecule has 6 nitrogen and oxygen atoms in total. The molecule has 0 bridgehead atoms. The van der Waals surface area contributed by atoms with Crippen LogP contribution < -0.4 is 40.5 Å². The van der Waals surface area contributed by atoms with Crippen molar-refractivity contribution in [1.82, 2.24) is 0 Å². The molecule has 0 aromatic heterocycles. The van der Waals surface area contributed by atoms with E-state index in [4.69, 9.17) is 16.2 Å². The van der Waals surface area contributed by atoms with E-state index < -0.39 is 0 Å². The molecule has 0 spiro atoms. The number of methoxy groups -OCH3 is 1. The molecule has 0 aliphatic heterocycles. The smallest absolute Gasteiger partial charge is 0.698 e. The summed E-state index contributed by atoms with van der Waals surface area (Å²) < 4.78 is 5.05. The van der Waals surface area contributed by atoms with Gasteiger partial charge in [-0.15, -0.1) is 5.69 Å². The van der Waals surface area contributed by atoms with Crippen LogP contribution in [0.3, 0.4) is 0 Å². The number of nitrogen functional groups attached to an aromatic ring is 1. The number of benzene rings is 5. The average molecular weight is 878 g/mol. The topological polar surface area (TPSA) is 95.1 Å². The quantitative estimate of drug-likeness (QED) is 0.0742. The molecule has 5 rings (SSSR count). The Labute approximate surface area is 410 Å². The van der Waals surface area contributed by atoms with Crippen molar-refractivity contribution in [3.63, 3.8) is 0 Å². The van der Waals surface area contributed by atoms with Gasteiger partial charge >= 0.3 is 18.9 Å². The van der Waals surface area contributed by atoms with Crippen LogP contribution in [0, 0.1) is 173 Å². The number of rotatable bonds is 7. The SMILES string of the molecule is COCNc1c(C)c(C)c(C)c(C)c1C.Cc1c(C)c(C)c(N)c(C)c1C.Cc1c(C)c(C)c(NCNc2c(C)c(C)c(C)c(C)c2C)c(C)c1C.Cc1c(C)c(C)c([NH-])c(C)c1C.[Li+]. The van der Waals surface area contributed by atoms with Crippen molar-refractivity contribution >= 4 is 28.4 Å². The third-order valence-corrected chi connectivity index (χ3v) is 16.0.